The molecule has 2 aliphatic rings. The van der Waals surface area contributed by atoms with Crippen LogP contribution in [0.1, 0.15) is 69.3 Å². The first-order valence-corrected chi connectivity index (χ1v) is 24.2. The fourth-order valence-electron chi connectivity index (χ4n) is 9.58. The number of Topliss-reactive ketones (excluding diaryl/α,β-unsaturated/α-hetero) is 1. The number of likely N-dealkylation sites (N-methyl/N-ethyl adjacent to an activating group) is 1. The number of nitrogen functional groups attached to an aromatic ring is 1. The number of nitrogens with zero attached hydrogens (tertiary/aromatic N) is 5. The van der Waals surface area contributed by atoms with Crippen LogP contribution in [0.25, 0.3) is 49.5 Å². The Morgan fingerprint density at radius 3 is 2.42 bits per heavy atom. The van der Waals surface area contributed by atoms with Crippen LogP contribution in [0.3, 0.4) is 0 Å². The maximum atomic E-state index is 14.4. The fraction of sp³-hybridized carbons (Fsp3) is 0.404. The van der Waals surface area contributed by atoms with Gasteiger partial charge in [0.15, 0.2) is 0 Å². The number of hydrogen-bond donors (Lipinski definition) is 2. The number of nitrogens with two attached hydrogens (primary N) is 1. The van der Waals surface area contributed by atoms with E-state index in [1.807, 2.05) is 83.4 Å². The van der Waals surface area contributed by atoms with Crippen LogP contribution < -0.4 is 20.5 Å². The molecule has 13 nitrogen and oxygen atoms in total. The number of carbonyl (C=O) groups is 2. The van der Waals surface area contributed by atoms with E-state index in [0.717, 1.165) is 98.8 Å². The van der Waals surface area contributed by atoms with Crippen molar-refractivity contribution in [1.29, 1.82) is 0 Å². The van der Waals surface area contributed by atoms with Crippen LogP contribution in [0.15, 0.2) is 96.8 Å². The van der Waals surface area contributed by atoms with Crippen molar-refractivity contribution in [2.45, 2.75) is 70.4 Å². The molecule has 0 unspecified atom stereocenters. The van der Waals surface area contributed by atoms with E-state index >= 15 is 0 Å². The zero-order chi connectivity index (χ0) is 45.4. The second kappa shape index (κ2) is 21.1. The predicted octanol–water partition coefficient (Wildman–Crippen LogP) is 9.35. The van der Waals surface area contributed by atoms with Gasteiger partial charge >= 0.3 is 0 Å². The monoisotopic (exact) mass is 909 g/mol. The smallest absolute Gasteiger partial charge is 0.227 e. The third-order valence-corrected chi connectivity index (χ3v) is 14.2. The topological polar surface area (TPSA) is 156 Å². The minimum atomic E-state index is -0.274. The van der Waals surface area contributed by atoms with Crippen LogP contribution in [0, 0.1) is 11.8 Å². The molecule has 66 heavy (non-hydrogen) atoms. The normalized spacial score (nSPS) is 16.6. The largest absolute Gasteiger partial charge is 0.491 e. The molecule has 0 spiro atoms. The van der Waals surface area contributed by atoms with Crippen LogP contribution >= 0.6 is 11.3 Å². The summed E-state index contributed by atoms with van der Waals surface area (Å²) in [5.41, 5.74) is 9.77. The molecule has 3 N–H and O–H groups in total. The summed E-state index contributed by atoms with van der Waals surface area (Å²) in [5.74, 6) is 2.30. The summed E-state index contributed by atoms with van der Waals surface area (Å²) in [5, 5.41) is 11.1. The number of likely N-dealkylation sites (tertiary alicyclic amines) is 1. The van der Waals surface area contributed by atoms with Crippen LogP contribution in [-0.4, -0.2) is 95.4 Å². The number of anilines is 1. The summed E-state index contributed by atoms with van der Waals surface area (Å²) in [4.78, 5) is 43.9. The number of carbonyl (C=O) groups excluding carboxylic acids is 2. The van der Waals surface area contributed by atoms with Gasteiger partial charge in [-0.05, 0) is 81.3 Å². The van der Waals surface area contributed by atoms with Crippen molar-refractivity contribution in [3.05, 3.63) is 102 Å². The molecule has 4 aromatic heterocycles. The number of thiazole rings is 1. The highest BCUT2D eigenvalue weighted by Crippen LogP contribution is 2.42. The SMILES string of the molecule is CN[C@@H](C)C(=O)C[C@H](C(=O)N1CCC[C@H]1c1nc(-c2ccc(OCCOCCOCCOc3cc4ccn(-c5cc6c(N)cccc6cn5)c4cn3)c3ccccc23)cs1)C1CCCCC1. The van der Waals surface area contributed by atoms with E-state index in [2.05, 4.69) is 38.9 Å². The maximum Gasteiger partial charge on any atom is 0.227 e. The maximum absolute atomic E-state index is 14.4. The summed E-state index contributed by atoms with van der Waals surface area (Å²) < 4.78 is 25.7. The van der Waals surface area contributed by atoms with Gasteiger partial charge in [-0.15, -0.1) is 11.3 Å². The molecular formula is C52H59N7O6S. The second-order valence-corrected chi connectivity index (χ2v) is 18.3. The standard InChI is InChI=1S/C52H59N7O6S/c1-34(54-2)47(60)29-42(35-10-4-3-5-11-35)52(61)59-20-9-16-45(59)51-57-44(33-66-51)39-17-18-48(40-14-7-6-13-38(39)40)64-26-24-62-22-23-63-25-27-65-50-28-36-19-21-58(46(36)32-56-50)49-30-41-37(31-55-49)12-8-15-43(41)53/h6-8,12-15,17-19,21,28,30-35,42,45,54H,3-5,9-11,16,20,22-27,29,53H2,1-2H3/t34-,42-,45-/m0/s1. The molecule has 1 amide bonds. The number of fused-ring (bicyclic) bond motifs is 3. The Labute approximate surface area is 389 Å². The third kappa shape index (κ3) is 10.1. The van der Waals surface area contributed by atoms with Crippen molar-refractivity contribution in [2.75, 3.05) is 59.0 Å². The Bertz CT molecular complexity index is 2790. The zero-order valence-electron chi connectivity index (χ0n) is 37.8. The van der Waals surface area contributed by atoms with E-state index in [4.69, 9.17) is 29.7 Å². The van der Waals surface area contributed by atoms with Gasteiger partial charge in [-0.1, -0.05) is 55.7 Å². The molecule has 5 heterocycles. The van der Waals surface area contributed by atoms with Gasteiger partial charge < -0.3 is 34.9 Å². The number of aromatic nitrogens is 4. The summed E-state index contributed by atoms with van der Waals surface area (Å²) in [6.07, 6.45) is 13.2. The van der Waals surface area contributed by atoms with Crippen molar-refractivity contribution < 1.29 is 28.5 Å². The van der Waals surface area contributed by atoms with Crippen molar-refractivity contribution in [3.63, 3.8) is 0 Å². The van der Waals surface area contributed by atoms with Crippen LogP contribution in [0.4, 0.5) is 5.69 Å². The Morgan fingerprint density at radius 1 is 0.818 bits per heavy atom. The number of nitrogens with one attached hydrogen (secondary N) is 1. The lowest BCUT2D eigenvalue weighted by molar-refractivity contribution is -0.141. The Hall–Kier alpha value is -5.93. The van der Waals surface area contributed by atoms with Gasteiger partial charge in [0.1, 0.15) is 35.6 Å². The number of pyridine rings is 2. The second-order valence-electron chi connectivity index (χ2n) is 17.4. The molecular weight excluding hydrogens is 851 g/mol. The Morgan fingerprint density at radius 2 is 1.61 bits per heavy atom. The van der Waals surface area contributed by atoms with Crippen LogP contribution in [-0.2, 0) is 19.1 Å². The molecule has 0 bridgehead atoms. The highest BCUT2D eigenvalue weighted by molar-refractivity contribution is 7.10. The first-order valence-electron chi connectivity index (χ1n) is 23.4. The number of hydrogen-bond acceptors (Lipinski definition) is 12. The summed E-state index contributed by atoms with van der Waals surface area (Å²) >= 11 is 1.62. The lowest BCUT2D eigenvalue weighted by Gasteiger charge is -2.34. The molecule has 3 atom stereocenters. The van der Waals surface area contributed by atoms with E-state index in [-0.39, 0.29) is 35.6 Å². The van der Waals surface area contributed by atoms with Gasteiger partial charge in [-0.3, -0.25) is 14.2 Å². The Balaban J connectivity index is 0.734. The lowest BCUT2D eigenvalue weighted by Crippen LogP contribution is -2.42. The highest BCUT2D eigenvalue weighted by Gasteiger charge is 2.40. The van der Waals surface area contributed by atoms with Crippen molar-refractivity contribution in [2.24, 2.45) is 11.8 Å². The van der Waals surface area contributed by atoms with Crippen LogP contribution in [0.2, 0.25) is 0 Å². The summed E-state index contributed by atoms with van der Waals surface area (Å²) in [7, 11) is 1.80. The fourth-order valence-corrected chi connectivity index (χ4v) is 10.5. The van der Waals surface area contributed by atoms with E-state index in [9.17, 15) is 9.59 Å². The van der Waals surface area contributed by atoms with Crippen LogP contribution in [0.5, 0.6) is 11.6 Å². The zero-order valence-corrected chi connectivity index (χ0v) is 38.6. The number of ketones is 1. The number of benzene rings is 3. The molecule has 9 rings (SSSR count). The van der Waals surface area contributed by atoms with Gasteiger partial charge in [-0.2, -0.15) is 0 Å². The lowest BCUT2D eigenvalue weighted by atomic mass is 9.76. The van der Waals surface area contributed by atoms with E-state index in [1.165, 1.54) is 6.42 Å². The minimum Gasteiger partial charge on any atom is -0.491 e. The van der Waals surface area contributed by atoms with Crippen molar-refractivity contribution in [3.8, 4) is 28.7 Å². The molecule has 7 aromatic rings. The molecule has 2 fully saturated rings. The molecule has 0 radical (unpaired) electrons. The van der Waals surface area contributed by atoms with Crippen molar-refractivity contribution in [1.82, 2.24) is 29.7 Å². The summed E-state index contributed by atoms with van der Waals surface area (Å²) in [6.45, 7) is 5.02. The first kappa shape index (κ1) is 45.2. The Kier molecular flexibility index (Phi) is 14.5. The average Bonchev–Trinajstić information content (AvgIpc) is 4.14. The number of amides is 1. The number of ether oxygens (including phenoxy) is 4. The average molecular weight is 910 g/mol. The van der Waals surface area contributed by atoms with Gasteiger partial charge in [0.2, 0.25) is 11.8 Å². The highest BCUT2D eigenvalue weighted by atomic mass is 32.1. The van der Waals surface area contributed by atoms with Gasteiger partial charge in [-0.25, -0.2) is 15.0 Å². The molecule has 1 saturated heterocycles. The molecule has 344 valence electrons. The van der Waals surface area contributed by atoms with Gasteiger partial charge in [0.25, 0.3) is 0 Å². The molecule has 14 heteroatoms. The van der Waals surface area contributed by atoms with Crippen molar-refractivity contribution >= 4 is 61.2 Å². The molecule has 3 aromatic carbocycles. The quantitative estimate of drug-likeness (QED) is 0.0555. The molecule has 1 saturated carbocycles. The van der Waals surface area contributed by atoms with Gasteiger partial charge in [0.05, 0.1) is 55.9 Å². The molecule has 1 aliphatic carbocycles. The third-order valence-electron chi connectivity index (χ3n) is 13.3. The minimum absolute atomic E-state index is 0.0768. The first-order chi connectivity index (χ1) is 32.4. The van der Waals surface area contributed by atoms with Gasteiger partial charge in [0, 0.05) is 75.5 Å². The van der Waals surface area contributed by atoms with E-state index in [0.29, 0.717) is 64.2 Å². The van der Waals surface area contributed by atoms with E-state index < -0.39 is 0 Å². The summed E-state index contributed by atoms with van der Waals surface area (Å²) in [6, 6.07) is 23.7. The van der Waals surface area contributed by atoms with E-state index in [1.54, 1.807) is 24.6 Å². The predicted molar refractivity (Wildman–Crippen MR) is 260 cm³/mol. The molecule has 1 aliphatic heterocycles. The number of rotatable bonds is 20.